The molecule has 0 saturated carbocycles. The van der Waals surface area contributed by atoms with Gasteiger partial charge in [0.2, 0.25) is 5.76 Å². The number of carbonyl (C=O) groups is 2. The van der Waals surface area contributed by atoms with Gasteiger partial charge in [0.25, 0.3) is 5.91 Å². The smallest absolute Gasteiger partial charge is 0.307 e. The van der Waals surface area contributed by atoms with E-state index >= 15 is 0 Å². The van der Waals surface area contributed by atoms with E-state index < -0.39 is 11.9 Å². The number of aromatic nitrogens is 1. The van der Waals surface area contributed by atoms with Crippen molar-refractivity contribution in [3.05, 3.63) is 47.3 Å². The zero-order valence-electron chi connectivity index (χ0n) is 13.2. The van der Waals surface area contributed by atoms with E-state index in [1.165, 1.54) is 0 Å². The number of hydrogen-bond donors (Lipinski definition) is 2. The molecule has 0 aliphatic rings. The maximum Gasteiger partial charge on any atom is 0.307 e. The molecule has 6 nitrogen and oxygen atoms in total. The molecule has 0 aliphatic heterocycles. The second kappa shape index (κ2) is 7.58. The van der Waals surface area contributed by atoms with Crippen molar-refractivity contribution in [1.29, 1.82) is 0 Å². The van der Waals surface area contributed by atoms with Gasteiger partial charge in [-0.15, -0.1) is 0 Å². The van der Waals surface area contributed by atoms with Gasteiger partial charge in [-0.2, -0.15) is 0 Å². The Morgan fingerprint density at radius 3 is 2.61 bits per heavy atom. The summed E-state index contributed by atoms with van der Waals surface area (Å²) in [4.78, 5) is 23.2. The van der Waals surface area contributed by atoms with E-state index in [1.807, 2.05) is 0 Å². The van der Waals surface area contributed by atoms with Gasteiger partial charge in [-0.1, -0.05) is 37.2 Å². The molecule has 1 heterocycles. The Labute approximate surface area is 134 Å². The highest BCUT2D eigenvalue weighted by Gasteiger charge is 2.18. The van der Waals surface area contributed by atoms with Crippen molar-refractivity contribution in [2.45, 2.75) is 39.0 Å². The number of para-hydroxylation sites is 1. The van der Waals surface area contributed by atoms with Crippen molar-refractivity contribution in [3.8, 4) is 0 Å². The van der Waals surface area contributed by atoms with Crippen molar-refractivity contribution in [2.75, 3.05) is 5.32 Å². The number of carboxylic acids is 1. The first-order valence-corrected chi connectivity index (χ1v) is 7.62. The average molecular weight is 316 g/mol. The van der Waals surface area contributed by atoms with Crippen molar-refractivity contribution in [2.24, 2.45) is 0 Å². The van der Waals surface area contributed by atoms with Gasteiger partial charge in [0.15, 0.2) is 0 Å². The molecule has 0 bridgehead atoms. The molecule has 1 amide bonds. The van der Waals surface area contributed by atoms with Crippen LogP contribution in [0, 0.1) is 0 Å². The lowest BCUT2D eigenvalue weighted by Crippen LogP contribution is -2.13. The van der Waals surface area contributed by atoms with Crippen LogP contribution < -0.4 is 5.32 Å². The molecule has 0 fully saturated rings. The van der Waals surface area contributed by atoms with E-state index in [1.54, 1.807) is 30.3 Å². The predicted molar refractivity (Wildman–Crippen MR) is 85.6 cm³/mol. The van der Waals surface area contributed by atoms with Crippen LogP contribution in [0.15, 0.2) is 34.9 Å². The normalized spacial score (nSPS) is 10.7. The van der Waals surface area contributed by atoms with E-state index in [-0.39, 0.29) is 18.1 Å². The van der Waals surface area contributed by atoms with Crippen LogP contribution >= 0.6 is 0 Å². The Morgan fingerprint density at radius 2 is 1.96 bits per heavy atom. The summed E-state index contributed by atoms with van der Waals surface area (Å²) in [5.41, 5.74) is 1.76. The molecule has 0 spiro atoms. The molecule has 0 aliphatic carbocycles. The minimum absolute atomic E-state index is 0.122. The minimum Gasteiger partial charge on any atom is -0.481 e. The Bertz CT molecular complexity index is 689. The summed E-state index contributed by atoms with van der Waals surface area (Å²) in [6, 6.07) is 8.44. The number of carbonyl (C=O) groups excluding carboxylic acids is 1. The quantitative estimate of drug-likeness (QED) is 0.816. The van der Waals surface area contributed by atoms with Crippen molar-refractivity contribution < 1.29 is 19.2 Å². The molecule has 2 rings (SSSR count). The maximum absolute atomic E-state index is 12.3. The molecule has 1 aromatic heterocycles. The molecule has 0 unspecified atom stereocenters. The molecule has 122 valence electrons. The first kappa shape index (κ1) is 16.7. The van der Waals surface area contributed by atoms with Gasteiger partial charge in [0, 0.05) is 17.7 Å². The van der Waals surface area contributed by atoms with Gasteiger partial charge < -0.3 is 14.9 Å². The largest absolute Gasteiger partial charge is 0.481 e. The summed E-state index contributed by atoms with van der Waals surface area (Å²) < 4.78 is 5.13. The number of hydrogen-bond acceptors (Lipinski definition) is 4. The Hall–Kier alpha value is -2.63. The van der Waals surface area contributed by atoms with Crippen LogP contribution in [-0.2, 0) is 11.2 Å². The number of nitrogens with zero attached hydrogens (tertiary/aromatic N) is 1. The third-order valence-corrected chi connectivity index (χ3v) is 3.76. The number of benzene rings is 1. The third-order valence-electron chi connectivity index (χ3n) is 3.76. The third kappa shape index (κ3) is 4.18. The average Bonchev–Trinajstić information content (AvgIpc) is 3.00. The van der Waals surface area contributed by atoms with E-state index in [4.69, 9.17) is 9.63 Å². The van der Waals surface area contributed by atoms with Crippen LogP contribution in [-0.4, -0.2) is 22.1 Å². The molecule has 0 saturated heterocycles. The summed E-state index contributed by atoms with van der Waals surface area (Å²) in [5.74, 6) is -1.01. The fraction of sp³-hybridized carbons (Fsp3) is 0.353. The number of amides is 1. The van der Waals surface area contributed by atoms with E-state index in [9.17, 15) is 9.59 Å². The lowest BCUT2D eigenvalue weighted by atomic mass is 9.99. The first-order chi connectivity index (χ1) is 11.0. The summed E-state index contributed by atoms with van der Waals surface area (Å²) in [5, 5.41) is 15.6. The van der Waals surface area contributed by atoms with Crippen LogP contribution in [0.25, 0.3) is 0 Å². The summed E-state index contributed by atoms with van der Waals surface area (Å²) in [6.07, 6.45) is 1.68. The molecule has 1 aromatic carbocycles. The molecular formula is C17H20N2O4. The van der Waals surface area contributed by atoms with Gasteiger partial charge in [0.05, 0.1) is 12.1 Å². The van der Waals surface area contributed by atoms with Gasteiger partial charge in [-0.3, -0.25) is 9.59 Å². The fourth-order valence-corrected chi connectivity index (χ4v) is 2.44. The standard InChI is InChI=1S/C17H20N2O4/c1-3-11(4-2)14-10-15(23-19-14)17(22)18-13-8-6-5-7-12(13)9-16(20)21/h5-8,10-11H,3-4,9H2,1-2H3,(H,18,22)(H,20,21). The lowest BCUT2D eigenvalue weighted by molar-refractivity contribution is -0.136. The minimum atomic E-state index is -0.956. The number of carboxylic acid groups (broad SMARTS) is 1. The highest BCUT2D eigenvalue weighted by atomic mass is 16.5. The van der Waals surface area contributed by atoms with Crippen LogP contribution in [0.1, 0.15) is 54.4 Å². The van der Waals surface area contributed by atoms with Gasteiger partial charge in [-0.05, 0) is 24.5 Å². The molecule has 6 heteroatoms. The Morgan fingerprint density at radius 1 is 1.26 bits per heavy atom. The number of nitrogens with one attached hydrogen (secondary N) is 1. The highest BCUT2D eigenvalue weighted by molar-refractivity contribution is 6.02. The summed E-state index contributed by atoms with van der Waals surface area (Å²) in [6.45, 7) is 4.12. The van der Waals surface area contributed by atoms with Crippen molar-refractivity contribution in [3.63, 3.8) is 0 Å². The molecule has 2 aromatic rings. The predicted octanol–water partition coefficient (Wildman–Crippen LogP) is 3.46. The first-order valence-electron chi connectivity index (χ1n) is 7.62. The molecular weight excluding hydrogens is 296 g/mol. The number of aliphatic carboxylic acids is 1. The summed E-state index contributed by atoms with van der Waals surface area (Å²) >= 11 is 0. The van der Waals surface area contributed by atoms with Gasteiger partial charge >= 0.3 is 5.97 Å². The lowest BCUT2D eigenvalue weighted by Gasteiger charge is -2.08. The Balaban J connectivity index is 2.15. The number of anilines is 1. The fourth-order valence-electron chi connectivity index (χ4n) is 2.44. The monoisotopic (exact) mass is 316 g/mol. The zero-order chi connectivity index (χ0) is 16.8. The molecule has 2 N–H and O–H groups in total. The van der Waals surface area contributed by atoms with Crippen LogP contribution in [0.2, 0.25) is 0 Å². The van der Waals surface area contributed by atoms with Gasteiger partial charge in [0.1, 0.15) is 0 Å². The van der Waals surface area contributed by atoms with Crippen LogP contribution in [0.4, 0.5) is 5.69 Å². The van der Waals surface area contributed by atoms with E-state index in [0.29, 0.717) is 11.3 Å². The van der Waals surface area contributed by atoms with E-state index in [2.05, 4.69) is 24.3 Å². The SMILES string of the molecule is CCC(CC)c1cc(C(=O)Nc2ccccc2CC(=O)O)on1. The molecule has 23 heavy (non-hydrogen) atoms. The zero-order valence-corrected chi connectivity index (χ0v) is 13.2. The topological polar surface area (TPSA) is 92.4 Å². The van der Waals surface area contributed by atoms with Gasteiger partial charge in [-0.25, -0.2) is 0 Å². The van der Waals surface area contributed by atoms with Crippen molar-refractivity contribution >= 4 is 17.6 Å². The second-order valence-corrected chi connectivity index (χ2v) is 5.31. The van der Waals surface area contributed by atoms with Crippen molar-refractivity contribution in [1.82, 2.24) is 5.16 Å². The maximum atomic E-state index is 12.3. The second-order valence-electron chi connectivity index (χ2n) is 5.31. The summed E-state index contributed by atoms with van der Waals surface area (Å²) in [7, 11) is 0. The highest BCUT2D eigenvalue weighted by Crippen LogP contribution is 2.23. The molecule has 0 radical (unpaired) electrons. The van der Waals surface area contributed by atoms with Crippen LogP contribution in [0.5, 0.6) is 0 Å². The number of rotatable bonds is 7. The Kier molecular flexibility index (Phi) is 5.51. The van der Waals surface area contributed by atoms with Crippen LogP contribution in [0.3, 0.4) is 0 Å². The van der Waals surface area contributed by atoms with E-state index in [0.717, 1.165) is 18.5 Å². The molecule has 0 atom stereocenters.